The van der Waals surface area contributed by atoms with Crippen molar-refractivity contribution < 1.29 is 4.79 Å². The molecule has 0 bridgehead atoms. The average Bonchev–Trinajstić information content (AvgIpc) is 2.54. The summed E-state index contributed by atoms with van der Waals surface area (Å²) in [6.07, 6.45) is 6.75. The normalized spacial score (nSPS) is 10.1. The fraction of sp³-hybridized carbons (Fsp3) is 0.312. The summed E-state index contributed by atoms with van der Waals surface area (Å²) in [6, 6.07) is 7.59. The molecule has 2 heterocycles. The molecule has 0 spiro atoms. The van der Waals surface area contributed by atoms with Gasteiger partial charge >= 0.3 is 0 Å². The van der Waals surface area contributed by atoms with Crippen LogP contribution < -0.4 is 10.6 Å². The Hall–Kier alpha value is -2.43. The number of rotatable bonds is 7. The van der Waals surface area contributed by atoms with Gasteiger partial charge in [0.2, 0.25) is 0 Å². The highest BCUT2D eigenvalue weighted by Gasteiger charge is 2.10. The van der Waals surface area contributed by atoms with E-state index in [1.54, 1.807) is 18.6 Å². The minimum Gasteiger partial charge on any atom is -0.384 e. The van der Waals surface area contributed by atoms with E-state index in [-0.39, 0.29) is 5.91 Å². The Morgan fingerprint density at radius 1 is 1.19 bits per heavy atom. The van der Waals surface area contributed by atoms with Crippen LogP contribution >= 0.6 is 0 Å². The molecule has 21 heavy (non-hydrogen) atoms. The Balaban J connectivity index is 1.91. The standard InChI is InChI=1S/C16H20N4O/c1-2-8-19-15-7-10-17-12-14(15)16(21)20-11-6-13-5-3-4-9-18-13/h3-5,7,9-10,12H,2,6,8,11H2,1H3,(H,17,19)(H,20,21). The average molecular weight is 284 g/mol. The van der Waals surface area contributed by atoms with Gasteiger partial charge < -0.3 is 10.6 Å². The molecule has 0 aliphatic rings. The van der Waals surface area contributed by atoms with Crippen molar-refractivity contribution in [2.24, 2.45) is 0 Å². The van der Waals surface area contributed by atoms with Crippen LogP contribution in [-0.4, -0.2) is 29.0 Å². The smallest absolute Gasteiger partial charge is 0.254 e. The number of nitrogens with one attached hydrogen (secondary N) is 2. The zero-order valence-corrected chi connectivity index (χ0v) is 12.2. The highest BCUT2D eigenvalue weighted by Crippen LogP contribution is 2.13. The summed E-state index contributed by atoms with van der Waals surface area (Å²) in [4.78, 5) is 20.5. The van der Waals surface area contributed by atoms with Gasteiger partial charge in [-0.1, -0.05) is 13.0 Å². The lowest BCUT2D eigenvalue weighted by molar-refractivity contribution is 0.0954. The molecule has 0 aromatic carbocycles. The largest absolute Gasteiger partial charge is 0.384 e. The summed E-state index contributed by atoms with van der Waals surface area (Å²) in [5, 5.41) is 6.14. The van der Waals surface area contributed by atoms with E-state index >= 15 is 0 Å². The lowest BCUT2D eigenvalue weighted by Gasteiger charge is -2.11. The number of hydrogen-bond donors (Lipinski definition) is 2. The molecule has 2 aromatic rings. The van der Waals surface area contributed by atoms with Crippen LogP contribution in [0.3, 0.4) is 0 Å². The van der Waals surface area contributed by atoms with Crippen LogP contribution in [0.5, 0.6) is 0 Å². The summed E-state index contributed by atoms with van der Waals surface area (Å²) in [5.41, 5.74) is 2.36. The second-order valence-electron chi connectivity index (χ2n) is 4.68. The summed E-state index contributed by atoms with van der Waals surface area (Å²) in [6.45, 7) is 3.47. The van der Waals surface area contributed by atoms with Crippen LogP contribution in [-0.2, 0) is 6.42 Å². The Morgan fingerprint density at radius 2 is 2.10 bits per heavy atom. The SMILES string of the molecule is CCCNc1ccncc1C(=O)NCCc1ccccn1. The number of carbonyl (C=O) groups excluding carboxylic acids is 1. The minimum atomic E-state index is -0.113. The van der Waals surface area contributed by atoms with E-state index in [0.717, 1.165) is 24.3 Å². The van der Waals surface area contributed by atoms with E-state index in [1.807, 2.05) is 24.3 Å². The topological polar surface area (TPSA) is 66.9 Å². The number of nitrogens with zero attached hydrogens (tertiary/aromatic N) is 2. The van der Waals surface area contributed by atoms with Gasteiger partial charge in [0.15, 0.2) is 0 Å². The van der Waals surface area contributed by atoms with Crippen molar-refractivity contribution in [2.45, 2.75) is 19.8 Å². The van der Waals surface area contributed by atoms with Crippen molar-refractivity contribution in [1.82, 2.24) is 15.3 Å². The second kappa shape index (κ2) is 7.99. The van der Waals surface area contributed by atoms with Crippen molar-refractivity contribution >= 4 is 11.6 Å². The van der Waals surface area contributed by atoms with Crippen molar-refractivity contribution in [1.29, 1.82) is 0 Å². The van der Waals surface area contributed by atoms with Crippen molar-refractivity contribution in [3.63, 3.8) is 0 Å². The van der Waals surface area contributed by atoms with E-state index < -0.39 is 0 Å². The number of hydrogen-bond acceptors (Lipinski definition) is 4. The van der Waals surface area contributed by atoms with Crippen LogP contribution in [0.15, 0.2) is 42.9 Å². The Bertz CT molecular complexity index is 571. The Morgan fingerprint density at radius 3 is 2.86 bits per heavy atom. The number of carbonyl (C=O) groups is 1. The molecule has 0 fully saturated rings. The van der Waals surface area contributed by atoms with Gasteiger partial charge in [0.05, 0.1) is 11.3 Å². The fourth-order valence-corrected chi connectivity index (χ4v) is 1.93. The summed E-state index contributed by atoms with van der Waals surface area (Å²) < 4.78 is 0. The summed E-state index contributed by atoms with van der Waals surface area (Å²) >= 11 is 0. The van der Waals surface area contributed by atoms with Crippen LogP contribution in [0.4, 0.5) is 5.69 Å². The van der Waals surface area contributed by atoms with Crippen molar-refractivity contribution in [3.8, 4) is 0 Å². The summed E-state index contributed by atoms with van der Waals surface area (Å²) in [5.74, 6) is -0.113. The first kappa shape index (κ1) is 15.0. The second-order valence-corrected chi connectivity index (χ2v) is 4.68. The molecule has 5 nitrogen and oxygen atoms in total. The fourth-order valence-electron chi connectivity index (χ4n) is 1.93. The highest BCUT2D eigenvalue weighted by molar-refractivity contribution is 5.99. The van der Waals surface area contributed by atoms with Gasteiger partial charge in [-0.3, -0.25) is 14.8 Å². The Kier molecular flexibility index (Phi) is 5.70. The van der Waals surface area contributed by atoms with Crippen molar-refractivity contribution in [3.05, 3.63) is 54.1 Å². The zero-order chi connectivity index (χ0) is 14.9. The third kappa shape index (κ3) is 4.56. The summed E-state index contributed by atoms with van der Waals surface area (Å²) in [7, 11) is 0. The van der Waals surface area contributed by atoms with Crippen LogP contribution in [0, 0.1) is 0 Å². The number of aromatic nitrogens is 2. The van der Waals surface area contributed by atoms with Crippen molar-refractivity contribution in [2.75, 3.05) is 18.4 Å². The molecular formula is C16H20N4O. The molecule has 2 N–H and O–H groups in total. The van der Waals surface area contributed by atoms with E-state index in [0.29, 0.717) is 18.5 Å². The molecular weight excluding hydrogens is 264 g/mol. The molecule has 0 radical (unpaired) electrons. The molecule has 0 atom stereocenters. The molecule has 2 aromatic heterocycles. The van der Waals surface area contributed by atoms with E-state index in [2.05, 4.69) is 27.5 Å². The van der Waals surface area contributed by atoms with Gasteiger partial charge in [0, 0.05) is 43.8 Å². The molecule has 0 aliphatic heterocycles. The molecule has 2 rings (SSSR count). The highest BCUT2D eigenvalue weighted by atomic mass is 16.1. The van der Waals surface area contributed by atoms with Crippen LogP contribution in [0.1, 0.15) is 29.4 Å². The predicted octanol–water partition coefficient (Wildman–Crippen LogP) is 2.27. The van der Waals surface area contributed by atoms with Gasteiger partial charge in [-0.2, -0.15) is 0 Å². The first-order valence-corrected chi connectivity index (χ1v) is 7.17. The maximum absolute atomic E-state index is 12.2. The van der Waals surface area contributed by atoms with Gasteiger partial charge in [-0.25, -0.2) is 0 Å². The third-order valence-electron chi connectivity index (χ3n) is 3.02. The molecule has 0 unspecified atom stereocenters. The molecule has 0 saturated carbocycles. The van der Waals surface area contributed by atoms with Gasteiger partial charge in [-0.05, 0) is 24.6 Å². The first-order valence-electron chi connectivity index (χ1n) is 7.17. The minimum absolute atomic E-state index is 0.113. The lowest BCUT2D eigenvalue weighted by Crippen LogP contribution is -2.27. The van der Waals surface area contributed by atoms with Crippen LogP contribution in [0.25, 0.3) is 0 Å². The van der Waals surface area contributed by atoms with E-state index in [4.69, 9.17) is 0 Å². The number of pyridine rings is 2. The van der Waals surface area contributed by atoms with Gasteiger partial charge in [-0.15, -0.1) is 0 Å². The molecule has 0 saturated heterocycles. The predicted molar refractivity (Wildman–Crippen MR) is 83.3 cm³/mol. The number of amides is 1. The number of anilines is 1. The zero-order valence-electron chi connectivity index (χ0n) is 12.2. The Labute approximate surface area is 124 Å². The molecule has 1 amide bonds. The van der Waals surface area contributed by atoms with E-state index in [1.165, 1.54) is 0 Å². The molecule has 0 aliphatic carbocycles. The quantitative estimate of drug-likeness (QED) is 0.818. The molecule has 5 heteroatoms. The van der Waals surface area contributed by atoms with Gasteiger partial charge in [0.1, 0.15) is 0 Å². The third-order valence-corrected chi connectivity index (χ3v) is 3.02. The maximum Gasteiger partial charge on any atom is 0.254 e. The molecule has 110 valence electrons. The lowest BCUT2D eigenvalue weighted by atomic mass is 10.2. The van der Waals surface area contributed by atoms with Gasteiger partial charge in [0.25, 0.3) is 5.91 Å². The van der Waals surface area contributed by atoms with Crippen LogP contribution in [0.2, 0.25) is 0 Å². The monoisotopic (exact) mass is 284 g/mol. The first-order chi connectivity index (χ1) is 10.3. The maximum atomic E-state index is 12.2. The van der Waals surface area contributed by atoms with E-state index in [9.17, 15) is 4.79 Å².